The van der Waals surface area contributed by atoms with Crippen LogP contribution in [0.4, 0.5) is 13.2 Å². The molecule has 0 amide bonds. The highest BCUT2D eigenvalue weighted by molar-refractivity contribution is 5.75. The Hall–Kier alpha value is -0.820. The summed E-state index contributed by atoms with van der Waals surface area (Å²) >= 11 is 0. The first-order chi connectivity index (χ1) is 9.69. The minimum atomic E-state index is -4.22. The minimum absolute atomic E-state index is 0.0571. The Morgan fingerprint density at radius 1 is 1.24 bits per heavy atom. The summed E-state index contributed by atoms with van der Waals surface area (Å²) in [5, 5.41) is 3.04. The van der Waals surface area contributed by atoms with Crippen molar-refractivity contribution in [3.63, 3.8) is 0 Å². The van der Waals surface area contributed by atoms with E-state index in [1.54, 1.807) is 6.92 Å². The van der Waals surface area contributed by atoms with Crippen LogP contribution in [0.2, 0.25) is 0 Å². The van der Waals surface area contributed by atoms with Gasteiger partial charge in [0.15, 0.2) is 0 Å². The van der Waals surface area contributed by atoms with E-state index >= 15 is 0 Å². The number of nitrogens with zero attached hydrogens (tertiary/aromatic N) is 1. The topological polar surface area (TPSA) is 41.6 Å². The summed E-state index contributed by atoms with van der Waals surface area (Å²) < 4.78 is 42.4. The first-order valence-corrected chi connectivity index (χ1v) is 7.41. The van der Waals surface area contributed by atoms with Crippen molar-refractivity contribution >= 4 is 5.97 Å². The van der Waals surface area contributed by atoms with Gasteiger partial charge < -0.3 is 10.1 Å². The van der Waals surface area contributed by atoms with Gasteiger partial charge in [0.25, 0.3) is 0 Å². The number of halogens is 3. The van der Waals surface area contributed by atoms with Gasteiger partial charge in [0, 0.05) is 12.6 Å². The molecule has 0 fully saturated rings. The van der Waals surface area contributed by atoms with Crippen molar-refractivity contribution in [3.8, 4) is 0 Å². The van der Waals surface area contributed by atoms with E-state index in [2.05, 4.69) is 5.32 Å². The Bertz CT molecular complexity index is 296. The summed E-state index contributed by atoms with van der Waals surface area (Å²) in [6, 6.07) is -0.515. The summed E-state index contributed by atoms with van der Waals surface area (Å²) in [7, 11) is 0. The summed E-state index contributed by atoms with van der Waals surface area (Å²) in [5.41, 5.74) is 0. The van der Waals surface area contributed by atoms with Crippen LogP contribution in [0.3, 0.4) is 0 Å². The van der Waals surface area contributed by atoms with E-state index in [1.165, 1.54) is 4.90 Å². The third-order valence-corrected chi connectivity index (χ3v) is 2.78. The molecule has 0 aromatic carbocycles. The lowest BCUT2D eigenvalue weighted by Crippen LogP contribution is -2.45. The molecule has 21 heavy (non-hydrogen) atoms. The van der Waals surface area contributed by atoms with Gasteiger partial charge in [-0.1, -0.05) is 20.8 Å². The molecule has 7 heteroatoms. The zero-order valence-electron chi connectivity index (χ0n) is 13.3. The molecule has 126 valence electrons. The molecule has 0 radical (unpaired) electrons. The third kappa shape index (κ3) is 10.5. The highest BCUT2D eigenvalue weighted by Gasteiger charge is 2.31. The van der Waals surface area contributed by atoms with E-state index in [4.69, 9.17) is 4.74 Å². The van der Waals surface area contributed by atoms with E-state index in [1.807, 2.05) is 20.8 Å². The van der Waals surface area contributed by atoms with Crippen LogP contribution in [0, 0.1) is 0 Å². The van der Waals surface area contributed by atoms with Crippen molar-refractivity contribution < 1.29 is 22.7 Å². The third-order valence-electron chi connectivity index (χ3n) is 2.78. The molecule has 0 spiro atoms. The molecular weight excluding hydrogens is 285 g/mol. The minimum Gasteiger partial charge on any atom is -0.465 e. The molecule has 1 unspecified atom stereocenters. The van der Waals surface area contributed by atoms with Crippen LogP contribution in [0.1, 0.15) is 40.5 Å². The smallest absolute Gasteiger partial charge is 0.401 e. The lowest BCUT2D eigenvalue weighted by atomic mass is 10.1. The standard InChI is InChI=1S/C14H27F3N2O2/c1-5-8-19(10-14(15,16)17)9-7-12(18-11(3)4)13(20)21-6-2/h11-12,18H,5-10H2,1-4H3. The molecule has 0 aromatic heterocycles. The lowest BCUT2D eigenvalue weighted by Gasteiger charge is -2.26. The van der Waals surface area contributed by atoms with Crippen molar-refractivity contribution in [2.24, 2.45) is 0 Å². The first kappa shape index (κ1) is 20.2. The predicted molar refractivity (Wildman–Crippen MR) is 76.1 cm³/mol. The molecule has 0 bridgehead atoms. The number of hydrogen-bond acceptors (Lipinski definition) is 4. The zero-order chi connectivity index (χ0) is 16.5. The Balaban J connectivity index is 4.55. The summed E-state index contributed by atoms with van der Waals surface area (Å²) in [6.45, 7) is 7.18. The fourth-order valence-corrected chi connectivity index (χ4v) is 2.07. The molecule has 1 N–H and O–H groups in total. The highest BCUT2D eigenvalue weighted by atomic mass is 19.4. The van der Waals surface area contributed by atoms with Crippen LogP contribution in [0.5, 0.6) is 0 Å². The maximum absolute atomic E-state index is 12.5. The van der Waals surface area contributed by atoms with Gasteiger partial charge in [-0.25, -0.2) is 0 Å². The molecular formula is C14H27F3N2O2. The van der Waals surface area contributed by atoms with Gasteiger partial charge in [-0.15, -0.1) is 0 Å². The second kappa shape index (κ2) is 10.00. The van der Waals surface area contributed by atoms with Crippen LogP contribution in [-0.2, 0) is 9.53 Å². The second-order valence-electron chi connectivity index (χ2n) is 5.31. The maximum atomic E-state index is 12.5. The van der Waals surface area contributed by atoms with Crippen LogP contribution < -0.4 is 5.32 Å². The van der Waals surface area contributed by atoms with Crippen LogP contribution >= 0.6 is 0 Å². The monoisotopic (exact) mass is 312 g/mol. The van der Waals surface area contributed by atoms with Crippen LogP contribution in [-0.4, -0.2) is 55.4 Å². The Labute approximate surface area is 125 Å². The normalized spacial score (nSPS) is 13.8. The zero-order valence-corrected chi connectivity index (χ0v) is 13.3. The number of esters is 1. The van der Waals surface area contributed by atoms with Gasteiger partial charge in [-0.3, -0.25) is 9.69 Å². The Morgan fingerprint density at radius 2 is 1.86 bits per heavy atom. The molecule has 0 saturated heterocycles. The number of alkyl halides is 3. The molecule has 4 nitrogen and oxygen atoms in total. The summed E-state index contributed by atoms with van der Waals surface area (Å²) in [4.78, 5) is 13.1. The second-order valence-corrected chi connectivity index (χ2v) is 5.31. The quantitative estimate of drug-likeness (QED) is 0.630. The Morgan fingerprint density at radius 3 is 2.29 bits per heavy atom. The van der Waals surface area contributed by atoms with Crippen molar-refractivity contribution in [2.45, 2.75) is 58.8 Å². The molecule has 0 aliphatic carbocycles. The SMILES string of the molecule is CCCN(CCC(NC(C)C)C(=O)OCC)CC(F)(F)F. The van der Waals surface area contributed by atoms with Crippen molar-refractivity contribution in [2.75, 3.05) is 26.2 Å². The number of hydrogen-bond donors (Lipinski definition) is 1. The molecule has 0 heterocycles. The van der Waals surface area contributed by atoms with E-state index in [0.717, 1.165) is 0 Å². The molecule has 0 saturated carbocycles. The van der Waals surface area contributed by atoms with Gasteiger partial charge in [0.2, 0.25) is 0 Å². The van der Waals surface area contributed by atoms with Crippen molar-refractivity contribution in [3.05, 3.63) is 0 Å². The number of carbonyl (C=O) groups excluding carboxylic acids is 1. The maximum Gasteiger partial charge on any atom is 0.401 e. The van der Waals surface area contributed by atoms with Crippen molar-refractivity contribution in [1.82, 2.24) is 10.2 Å². The van der Waals surface area contributed by atoms with E-state index in [-0.39, 0.29) is 19.2 Å². The van der Waals surface area contributed by atoms with E-state index in [0.29, 0.717) is 19.4 Å². The predicted octanol–water partition coefficient (Wildman–Crippen LogP) is 2.58. The number of nitrogens with one attached hydrogen (secondary N) is 1. The molecule has 0 aliphatic heterocycles. The number of rotatable bonds is 10. The summed E-state index contributed by atoms with van der Waals surface area (Å²) in [5.74, 6) is -0.408. The van der Waals surface area contributed by atoms with Crippen molar-refractivity contribution in [1.29, 1.82) is 0 Å². The fraction of sp³-hybridized carbons (Fsp3) is 0.929. The first-order valence-electron chi connectivity index (χ1n) is 7.41. The molecule has 0 rings (SSSR count). The number of ether oxygens (including phenoxy) is 1. The molecule has 0 aromatic rings. The van der Waals surface area contributed by atoms with Gasteiger partial charge in [0.05, 0.1) is 13.2 Å². The average Bonchev–Trinajstić information content (AvgIpc) is 2.32. The highest BCUT2D eigenvalue weighted by Crippen LogP contribution is 2.17. The van der Waals surface area contributed by atoms with Gasteiger partial charge in [0.1, 0.15) is 6.04 Å². The summed E-state index contributed by atoms with van der Waals surface area (Å²) in [6.07, 6.45) is -3.29. The Kier molecular flexibility index (Phi) is 9.61. The number of carbonyl (C=O) groups is 1. The van der Waals surface area contributed by atoms with E-state index in [9.17, 15) is 18.0 Å². The molecule has 1 atom stereocenters. The fourth-order valence-electron chi connectivity index (χ4n) is 2.07. The van der Waals surface area contributed by atoms with Gasteiger partial charge in [-0.2, -0.15) is 13.2 Å². The van der Waals surface area contributed by atoms with Crippen LogP contribution in [0.15, 0.2) is 0 Å². The van der Waals surface area contributed by atoms with Gasteiger partial charge in [-0.05, 0) is 26.3 Å². The lowest BCUT2D eigenvalue weighted by molar-refractivity contribution is -0.148. The van der Waals surface area contributed by atoms with E-state index < -0.39 is 24.7 Å². The largest absolute Gasteiger partial charge is 0.465 e. The van der Waals surface area contributed by atoms with Crippen LogP contribution in [0.25, 0.3) is 0 Å². The van der Waals surface area contributed by atoms with Gasteiger partial charge >= 0.3 is 12.1 Å². The average molecular weight is 312 g/mol. The molecule has 0 aliphatic rings.